The molecule has 7 heteroatoms. The smallest absolute Gasteiger partial charge is 0.253 e. The maximum absolute atomic E-state index is 12.2. The van der Waals surface area contributed by atoms with Crippen LogP contribution in [0.15, 0.2) is 24.3 Å². The van der Waals surface area contributed by atoms with Gasteiger partial charge in [-0.25, -0.2) is 0 Å². The summed E-state index contributed by atoms with van der Waals surface area (Å²) in [7, 11) is 3.42. The maximum Gasteiger partial charge on any atom is 0.253 e. The lowest BCUT2D eigenvalue weighted by atomic mass is 10.0. The zero-order valence-electron chi connectivity index (χ0n) is 14.8. The van der Waals surface area contributed by atoms with Crippen LogP contribution in [0.1, 0.15) is 23.2 Å². The summed E-state index contributed by atoms with van der Waals surface area (Å²) < 4.78 is 11.4. The van der Waals surface area contributed by atoms with Crippen molar-refractivity contribution < 1.29 is 19.1 Å². The van der Waals surface area contributed by atoms with E-state index in [1.807, 2.05) is 0 Å². The highest BCUT2D eigenvalue weighted by Gasteiger charge is 2.39. The molecule has 3 rings (SSSR count). The van der Waals surface area contributed by atoms with Crippen molar-refractivity contribution in [3.8, 4) is 0 Å². The highest BCUT2D eigenvalue weighted by Crippen LogP contribution is 2.31. The molecule has 0 atom stereocenters. The Morgan fingerprint density at radius 2 is 1.72 bits per heavy atom. The Balaban J connectivity index is 1.47. The van der Waals surface area contributed by atoms with E-state index in [1.54, 1.807) is 38.4 Å². The Bertz CT molecular complexity index is 614. The number of amides is 2. The molecule has 0 bridgehead atoms. The second-order valence-electron chi connectivity index (χ2n) is 6.71. The Hall–Kier alpha value is -1.96. The highest BCUT2D eigenvalue weighted by atomic mass is 16.7. The van der Waals surface area contributed by atoms with Gasteiger partial charge in [-0.2, -0.15) is 0 Å². The number of benzene rings is 1. The van der Waals surface area contributed by atoms with E-state index in [4.69, 9.17) is 9.47 Å². The minimum atomic E-state index is -0.415. The quantitative estimate of drug-likeness (QED) is 0.885. The molecule has 1 N–H and O–H groups in total. The molecule has 0 radical (unpaired) electrons. The largest absolute Gasteiger partial charge is 0.347 e. The minimum Gasteiger partial charge on any atom is -0.347 e. The van der Waals surface area contributed by atoms with Crippen molar-refractivity contribution in [1.82, 2.24) is 9.80 Å². The molecule has 2 amide bonds. The Morgan fingerprint density at radius 3 is 2.28 bits per heavy atom. The third kappa shape index (κ3) is 4.36. The first kappa shape index (κ1) is 17.8. The Morgan fingerprint density at radius 1 is 1.12 bits per heavy atom. The molecule has 1 spiro atoms. The average molecular weight is 347 g/mol. The molecule has 2 fully saturated rings. The first-order valence-corrected chi connectivity index (χ1v) is 8.59. The molecule has 0 saturated carbocycles. The van der Waals surface area contributed by atoms with Crippen molar-refractivity contribution in [3.63, 3.8) is 0 Å². The number of carbonyl (C=O) groups excluding carboxylic acids is 2. The van der Waals surface area contributed by atoms with Gasteiger partial charge in [0.1, 0.15) is 0 Å². The van der Waals surface area contributed by atoms with Crippen LogP contribution in [-0.2, 0) is 14.3 Å². The topological polar surface area (TPSA) is 71.1 Å². The lowest BCUT2D eigenvalue weighted by Crippen LogP contribution is -2.47. The van der Waals surface area contributed by atoms with Crippen LogP contribution in [0.5, 0.6) is 0 Å². The van der Waals surface area contributed by atoms with Gasteiger partial charge in [0.25, 0.3) is 5.91 Å². The maximum atomic E-state index is 12.2. The van der Waals surface area contributed by atoms with Gasteiger partial charge < -0.3 is 19.7 Å². The van der Waals surface area contributed by atoms with Crippen LogP contribution in [0.3, 0.4) is 0 Å². The second-order valence-corrected chi connectivity index (χ2v) is 6.71. The number of piperidine rings is 1. The third-order valence-electron chi connectivity index (χ3n) is 4.62. The molecule has 25 heavy (non-hydrogen) atoms. The first-order valence-electron chi connectivity index (χ1n) is 8.59. The summed E-state index contributed by atoms with van der Waals surface area (Å²) in [6.07, 6.45) is 1.59. The summed E-state index contributed by atoms with van der Waals surface area (Å²) >= 11 is 0. The number of nitrogens with one attached hydrogen (secondary N) is 1. The summed E-state index contributed by atoms with van der Waals surface area (Å²) in [6, 6.07) is 6.94. The molecule has 136 valence electrons. The molecular formula is C18H25N3O4. The molecule has 7 nitrogen and oxygen atoms in total. The molecule has 1 aromatic rings. The van der Waals surface area contributed by atoms with Crippen molar-refractivity contribution in [3.05, 3.63) is 29.8 Å². The van der Waals surface area contributed by atoms with Crippen LogP contribution < -0.4 is 5.32 Å². The Labute approximate surface area is 147 Å². The van der Waals surface area contributed by atoms with E-state index in [1.165, 1.54) is 4.90 Å². The van der Waals surface area contributed by atoms with Crippen molar-refractivity contribution in [2.75, 3.05) is 52.3 Å². The number of hydrogen-bond acceptors (Lipinski definition) is 5. The van der Waals surface area contributed by atoms with Gasteiger partial charge in [0.15, 0.2) is 5.79 Å². The lowest BCUT2D eigenvalue weighted by molar-refractivity contribution is -0.185. The average Bonchev–Trinajstić information content (AvgIpc) is 3.05. The van der Waals surface area contributed by atoms with Gasteiger partial charge in [0.05, 0.1) is 19.8 Å². The van der Waals surface area contributed by atoms with E-state index in [0.29, 0.717) is 31.0 Å². The fraction of sp³-hybridized carbons (Fsp3) is 0.556. The highest BCUT2D eigenvalue weighted by molar-refractivity contribution is 5.96. The van der Waals surface area contributed by atoms with Crippen molar-refractivity contribution >= 4 is 17.5 Å². The van der Waals surface area contributed by atoms with Crippen molar-refractivity contribution in [2.45, 2.75) is 18.6 Å². The van der Waals surface area contributed by atoms with E-state index >= 15 is 0 Å². The second kappa shape index (κ2) is 7.51. The first-order chi connectivity index (χ1) is 12.0. The summed E-state index contributed by atoms with van der Waals surface area (Å²) in [5.74, 6) is -0.533. The summed E-state index contributed by atoms with van der Waals surface area (Å²) in [5, 5.41) is 2.88. The van der Waals surface area contributed by atoms with E-state index in [2.05, 4.69) is 10.2 Å². The van der Waals surface area contributed by atoms with E-state index in [0.717, 1.165) is 25.9 Å². The molecule has 0 unspecified atom stereocenters. The van der Waals surface area contributed by atoms with Crippen molar-refractivity contribution in [2.24, 2.45) is 0 Å². The number of hydrogen-bond donors (Lipinski definition) is 1. The number of rotatable bonds is 4. The fourth-order valence-corrected chi connectivity index (χ4v) is 3.20. The number of ether oxygens (including phenoxy) is 2. The van der Waals surface area contributed by atoms with E-state index in [-0.39, 0.29) is 11.8 Å². The molecule has 2 saturated heterocycles. The predicted octanol–water partition coefficient (Wildman–Crippen LogP) is 1.17. The molecule has 1 aromatic carbocycles. The summed E-state index contributed by atoms with van der Waals surface area (Å²) in [6.45, 7) is 3.22. The minimum absolute atomic E-state index is 0.0588. The zero-order chi connectivity index (χ0) is 17.9. The van der Waals surface area contributed by atoms with Crippen LogP contribution in [0.4, 0.5) is 5.69 Å². The van der Waals surface area contributed by atoms with E-state index < -0.39 is 5.79 Å². The molecule has 2 heterocycles. The predicted molar refractivity (Wildman–Crippen MR) is 93.4 cm³/mol. The number of anilines is 1. The van der Waals surface area contributed by atoms with Crippen molar-refractivity contribution in [1.29, 1.82) is 0 Å². The lowest BCUT2D eigenvalue weighted by Gasteiger charge is -2.37. The van der Waals surface area contributed by atoms with E-state index in [9.17, 15) is 9.59 Å². The third-order valence-corrected chi connectivity index (χ3v) is 4.62. The van der Waals surface area contributed by atoms with Gasteiger partial charge in [0, 0.05) is 51.3 Å². The van der Waals surface area contributed by atoms with Crippen LogP contribution in [0.2, 0.25) is 0 Å². The summed E-state index contributed by atoms with van der Waals surface area (Å²) in [4.78, 5) is 27.7. The van der Waals surface area contributed by atoms with Gasteiger partial charge in [-0.1, -0.05) is 0 Å². The van der Waals surface area contributed by atoms with Gasteiger partial charge in [0.2, 0.25) is 5.91 Å². The van der Waals surface area contributed by atoms with Crippen LogP contribution in [0.25, 0.3) is 0 Å². The number of likely N-dealkylation sites (tertiary alicyclic amines) is 1. The standard InChI is InChI=1S/C18H25N3O4/c1-20(2)17(23)14-3-5-15(6-4-14)19-16(22)13-21-9-7-18(8-10-21)24-11-12-25-18/h3-6H,7-13H2,1-2H3,(H,19,22). The van der Waals surface area contributed by atoms with Crippen LogP contribution in [0, 0.1) is 0 Å². The molecule has 2 aliphatic heterocycles. The summed E-state index contributed by atoms with van der Waals surface area (Å²) in [5.41, 5.74) is 1.29. The molecule has 0 aliphatic carbocycles. The van der Waals surface area contributed by atoms with Crippen LogP contribution >= 0.6 is 0 Å². The van der Waals surface area contributed by atoms with Gasteiger partial charge in [-0.3, -0.25) is 14.5 Å². The Kier molecular flexibility index (Phi) is 5.36. The SMILES string of the molecule is CN(C)C(=O)c1ccc(NC(=O)CN2CCC3(CC2)OCCO3)cc1. The fourth-order valence-electron chi connectivity index (χ4n) is 3.20. The zero-order valence-corrected chi connectivity index (χ0v) is 14.8. The van der Waals surface area contributed by atoms with Gasteiger partial charge >= 0.3 is 0 Å². The number of nitrogens with zero attached hydrogens (tertiary/aromatic N) is 2. The molecular weight excluding hydrogens is 322 g/mol. The number of carbonyl (C=O) groups is 2. The van der Waals surface area contributed by atoms with Gasteiger partial charge in [-0.15, -0.1) is 0 Å². The van der Waals surface area contributed by atoms with Crippen LogP contribution in [-0.4, -0.2) is 74.3 Å². The monoisotopic (exact) mass is 347 g/mol. The normalized spacial score (nSPS) is 19.8. The molecule has 2 aliphatic rings. The molecule has 0 aromatic heterocycles. The van der Waals surface area contributed by atoms with Gasteiger partial charge in [-0.05, 0) is 24.3 Å².